The molecule has 0 amide bonds. The number of carbonyl (C=O) groups is 1. The highest BCUT2D eigenvalue weighted by Crippen LogP contribution is 2.11. The topological polar surface area (TPSA) is 72.0 Å². The number of aryl methyl sites for hydroxylation is 1. The molecule has 0 aliphatic heterocycles. The van der Waals surface area contributed by atoms with E-state index in [1.165, 1.54) is 19.2 Å². The Kier molecular flexibility index (Phi) is 3.36. The highest BCUT2D eigenvalue weighted by Gasteiger charge is 2.09. The van der Waals surface area contributed by atoms with Crippen molar-refractivity contribution in [1.82, 2.24) is 9.97 Å². The van der Waals surface area contributed by atoms with Gasteiger partial charge in [0, 0.05) is 6.42 Å². The Morgan fingerprint density at radius 2 is 2.28 bits per heavy atom. The van der Waals surface area contributed by atoms with Gasteiger partial charge in [0.15, 0.2) is 0 Å². The van der Waals surface area contributed by atoms with Crippen molar-refractivity contribution in [2.45, 2.75) is 12.8 Å². The normalized spacial score (nSPS) is 10.6. The van der Waals surface area contributed by atoms with Gasteiger partial charge in [0.1, 0.15) is 17.0 Å². The SMILES string of the molecule is COC(=O)CCc1nc2cccc(F)c2c(=O)[nH]1. The fourth-order valence-electron chi connectivity index (χ4n) is 1.64. The molecule has 1 heterocycles. The van der Waals surface area contributed by atoms with E-state index < -0.39 is 17.3 Å². The van der Waals surface area contributed by atoms with Gasteiger partial charge in [-0.05, 0) is 12.1 Å². The van der Waals surface area contributed by atoms with Crippen LogP contribution in [-0.4, -0.2) is 23.0 Å². The van der Waals surface area contributed by atoms with Crippen molar-refractivity contribution in [2.75, 3.05) is 7.11 Å². The second-order valence-corrected chi connectivity index (χ2v) is 3.72. The summed E-state index contributed by atoms with van der Waals surface area (Å²) in [4.78, 5) is 29.2. The van der Waals surface area contributed by atoms with Gasteiger partial charge in [-0.25, -0.2) is 9.37 Å². The Hall–Kier alpha value is -2.24. The number of fused-ring (bicyclic) bond motifs is 1. The van der Waals surface area contributed by atoms with Gasteiger partial charge in [0.2, 0.25) is 0 Å². The van der Waals surface area contributed by atoms with Crippen LogP contribution in [-0.2, 0) is 16.0 Å². The number of hydrogen-bond donors (Lipinski definition) is 1. The number of carbonyl (C=O) groups excluding carboxylic acids is 1. The number of nitrogens with zero attached hydrogens (tertiary/aromatic N) is 1. The van der Waals surface area contributed by atoms with Crippen LogP contribution in [0.1, 0.15) is 12.2 Å². The molecule has 0 aliphatic rings. The fraction of sp³-hybridized carbons (Fsp3) is 0.250. The lowest BCUT2D eigenvalue weighted by Gasteiger charge is -2.03. The minimum absolute atomic E-state index is 0.0701. The standard InChI is InChI=1S/C12H11FN2O3/c1-18-10(16)6-5-9-14-8-4-2-3-7(13)11(8)12(17)15-9/h2-4H,5-6H2,1H3,(H,14,15,17). The van der Waals surface area contributed by atoms with Crippen LogP contribution in [0.2, 0.25) is 0 Å². The zero-order chi connectivity index (χ0) is 13.1. The quantitative estimate of drug-likeness (QED) is 0.830. The molecule has 18 heavy (non-hydrogen) atoms. The smallest absolute Gasteiger partial charge is 0.305 e. The monoisotopic (exact) mass is 250 g/mol. The summed E-state index contributed by atoms with van der Waals surface area (Å²) in [5, 5.41) is -0.0701. The highest BCUT2D eigenvalue weighted by molar-refractivity contribution is 5.78. The average molecular weight is 250 g/mol. The van der Waals surface area contributed by atoms with Crippen LogP contribution in [0, 0.1) is 5.82 Å². The van der Waals surface area contributed by atoms with Crippen molar-refractivity contribution < 1.29 is 13.9 Å². The highest BCUT2D eigenvalue weighted by atomic mass is 19.1. The molecule has 2 aromatic rings. The Morgan fingerprint density at radius 3 is 3.00 bits per heavy atom. The molecule has 1 aromatic carbocycles. The Balaban J connectivity index is 2.38. The molecule has 94 valence electrons. The number of rotatable bonds is 3. The van der Waals surface area contributed by atoms with Gasteiger partial charge >= 0.3 is 5.97 Å². The first-order valence-corrected chi connectivity index (χ1v) is 5.36. The van der Waals surface area contributed by atoms with Crippen LogP contribution in [0.25, 0.3) is 10.9 Å². The van der Waals surface area contributed by atoms with Crippen molar-refractivity contribution >= 4 is 16.9 Å². The Morgan fingerprint density at radius 1 is 1.50 bits per heavy atom. The van der Waals surface area contributed by atoms with Crippen LogP contribution in [0.5, 0.6) is 0 Å². The number of aromatic nitrogens is 2. The number of esters is 1. The summed E-state index contributed by atoms with van der Waals surface area (Å²) >= 11 is 0. The van der Waals surface area contributed by atoms with Crippen molar-refractivity contribution in [3.63, 3.8) is 0 Å². The molecule has 0 aliphatic carbocycles. The lowest BCUT2D eigenvalue weighted by molar-refractivity contribution is -0.140. The Bertz CT molecular complexity index is 651. The van der Waals surface area contributed by atoms with E-state index in [9.17, 15) is 14.0 Å². The number of methoxy groups -OCH3 is 1. The summed E-state index contributed by atoms with van der Waals surface area (Å²) < 4.78 is 17.9. The molecular formula is C12H11FN2O3. The second kappa shape index (κ2) is 4.95. The zero-order valence-corrected chi connectivity index (χ0v) is 9.70. The minimum atomic E-state index is -0.610. The summed E-state index contributed by atoms with van der Waals surface area (Å²) in [6, 6.07) is 4.23. The van der Waals surface area contributed by atoms with Gasteiger partial charge < -0.3 is 9.72 Å². The van der Waals surface area contributed by atoms with E-state index in [1.54, 1.807) is 6.07 Å². The molecule has 0 saturated carbocycles. The number of H-pyrrole nitrogens is 1. The van der Waals surface area contributed by atoms with Crippen LogP contribution < -0.4 is 5.56 Å². The van der Waals surface area contributed by atoms with E-state index in [2.05, 4.69) is 14.7 Å². The van der Waals surface area contributed by atoms with Crippen LogP contribution in [0.15, 0.2) is 23.0 Å². The fourth-order valence-corrected chi connectivity index (χ4v) is 1.64. The Labute approximate surface area is 102 Å². The largest absolute Gasteiger partial charge is 0.469 e. The average Bonchev–Trinajstić information content (AvgIpc) is 2.35. The number of hydrogen-bond acceptors (Lipinski definition) is 4. The van der Waals surface area contributed by atoms with Gasteiger partial charge in [-0.3, -0.25) is 9.59 Å². The number of aromatic amines is 1. The molecule has 0 atom stereocenters. The van der Waals surface area contributed by atoms with E-state index in [4.69, 9.17) is 0 Å². The molecule has 0 bridgehead atoms. The summed E-state index contributed by atoms with van der Waals surface area (Å²) in [6.45, 7) is 0. The summed E-state index contributed by atoms with van der Waals surface area (Å²) in [5.74, 6) is -0.666. The first-order chi connectivity index (χ1) is 8.61. The van der Waals surface area contributed by atoms with Gasteiger partial charge in [0.05, 0.1) is 19.0 Å². The van der Waals surface area contributed by atoms with Crippen LogP contribution >= 0.6 is 0 Å². The first-order valence-electron chi connectivity index (χ1n) is 5.36. The summed E-state index contributed by atoms with van der Waals surface area (Å²) in [7, 11) is 1.29. The molecule has 0 fully saturated rings. The number of nitrogens with one attached hydrogen (secondary N) is 1. The van der Waals surface area contributed by atoms with Crippen molar-refractivity contribution in [3.05, 3.63) is 40.2 Å². The number of halogens is 1. The van der Waals surface area contributed by atoms with Gasteiger partial charge in [0.25, 0.3) is 5.56 Å². The molecule has 0 saturated heterocycles. The summed E-state index contributed by atoms with van der Waals surface area (Å²) in [5.41, 5.74) is -0.267. The maximum Gasteiger partial charge on any atom is 0.305 e. The molecule has 2 rings (SSSR count). The predicted molar refractivity (Wildman–Crippen MR) is 62.7 cm³/mol. The molecular weight excluding hydrogens is 239 g/mol. The molecule has 1 aromatic heterocycles. The van der Waals surface area contributed by atoms with E-state index in [0.29, 0.717) is 5.82 Å². The molecule has 1 N–H and O–H groups in total. The third-order valence-corrected chi connectivity index (χ3v) is 2.53. The van der Waals surface area contributed by atoms with E-state index in [1.807, 2.05) is 0 Å². The molecule has 0 spiro atoms. The van der Waals surface area contributed by atoms with Gasteiger partial charge in [-0.2, -0.15) is 0 Å². The van der Waals surface area contributed by atoms with E-state index in [0.717, 1.165) is 0 Å². The maximum atomic E-state index is 13.4. The van der Waals surface area contributed by atoms with Crippen molar-refractivity contribution in [3.8, 4) is 0 Å². The third-order valence-electron chi connectivity index (χ3n) is 2.53. The lowest BCUT2D eigenvalue weighted by atomic mass is 10.2. The second-order valence-electron chi connectivity index (χ2n) is 3.72. The van der Waals surface area contributed by atoms with Crippen molar-refractivity contribution in [2.24, 2.45) is 0 Å². The van der Waals surface area contributed by atoms with Crippen molar-refractivity contribution in [1.29, 1.82) is 0 Å². The van der Waals surface area contributed by atoms with Gasteiger partial charge in [-0.1, -0.05) is 6.07 Å². The van der Waals surface area contributed by atoms with Crippen LogP contribution in [0.4, 0.5) is 4.39 Å². The molecule has 6 heteroatoms. The third kappa shape index (κ3) is 2.37. The van der Waals surface area contributed by atoms with E-state index in [-0.39, 0.29) is 23.7 Å². The lowest BCUT2D eigenvalue weighted by Crippen LogP contribution is -2.14. The first kappa shape index (κ1) is 12.2. The van der Waals surface area contributed by atoms with Crippen LogP contribution in [0.3, 0.4) is 0 Å². The zero-order valence-electron chi connectivity index (χ0n) is 9.70. The summed E-state index contributed by atoms with van der Waals surface area (Å²) in [6.07, 6.45) is 0.356. The molecule has 5 nitrogen and oxygen atoms in total. The maximum absolute atomic E-state index is 13.4. The van der Waals surface area contributed by atoms with Gasteiger partial charge in [-0.15, -0.1) is 0 Å². The minimum Gasteiger partial charge on any atom is -0.469 e. The van der Waals surface area contributed by atoms with E-state index >= 15 is 0 Å². The molecule has 0 unspecified atom stereocenters. The molecule has 0 radical (unpaired) electrons. The predicted octanol–water partition coefficient (Wildman–Crippen LogP) is 1.17. The number of benzene rings is 1. The number of ether oxygens (including phenoxy) is 1.